The molecule has 2 fully saturated rings. The molecular formula is C30H36BrNO6S2. The van der Waals surface area contributed by atoms with Crippen LogP contribution in [0.3, 0.4) is 0 Å². The van der Waals surface area contributed by atoms with E-state index in [1.54, 1.807) is 19.1 Å². The van der Waals surface area contributed by atoms with Crippen LogP contribution in [0.15, 0.2) is 57.9 Å². The number of aliphatic hydroxyl groups is 1. The molecule has 10 heteroatoms. The predicted octanol–water partition coefficient (Wildman–Crippen LogP) is 2.26. The second-order valence-electron chi connectivity index (χ2n) is 10.7. The fraction of sp³-hybridized carbons (Fsp3) is 0.467. The number of ether oxygens (including phenoxy) is 3. The van der Waals surface area contributed by atoms with Gasteiger partial charge in [0.1, 0.15) is 18.4 Å². The molecule has 4 atom stereocenters. The van der Waals surface area contributed by atoms with E-state index in [9.17, 15) is 14.7 Å². The van der Waals surface area contributed by atoms with Crippen LogP contribution in [0.2, 0.25) is 0 Å². The number of piperidine rings is 1. The lowest BCUT2D eigenvalue weighted by molar-refractivity contribution is -0.961. The number of fused-ring (bicyclic) bond motifs is 2. The van der Waals surface area contributed by atoms with Crippen molar-refractivity contribution in [1.82, 2.24) is 0 Å². The number of halogens is 1. The van der Waals surface area contributed by atoms with Gasteiger partial charge in [0.25, 0.3) is 0 Å². The summed E-state index contributed by atoms with van der Waals surface area (Å²) in [6.07, 6.45) is 3.73. The van der Waals surface area contributed by atoms with E-state index in [0.717, 1.165) is 42.5 Å². The molecule has 0 spiro atoms. The van der Waals surface area contributed by atoms with Crippen LogP contribution in [0.1, 0.15) is 55.7 Å². The monoisotopic (exact) mass is 649 g/mol. The Labute approximate surface area is 254 Å². The Balaban J connectivity index is 0.00000370. The highest BCUT2D eigenvalue weighted by molar-refractivity contribution is 7.08. The van der Waals surface area contributed by atoms with Gasteiger partial charge in [-0.25, -0.2) is 4.79 Å². The van der Waals surface area contributed by atoms with Gasteiger partial charge in [-0.15, -0.1) is 0 Å². The van der Waals surface area contributed by atoms with Crippen LogP contribution in [0, 0.1) is 0 Å². The van der Waals surface area contributed by atoms with Crippen molar-refractivity contribution in [3.05, 3.63) is 74.6 Å². The Bertz CT molecular complexity index is 1220. The number of hydrogen-bond acceptors (Lipinski definition) is 8. The minimum atomic E-state index is -1.79. The molecular weight excluding hydrogens is 614 g/mol. The lowest BCUT2D eigenvalue weighted by atomic mass is 9.89. The first-order valence-corrected chi connectivity index (χ1v) is 15.4. The Hall–Kier alpha value is -2.24. The summed E-state index contributed by atoms with van der Waals surface area (Å²) in [5.74, 6) is -0.0934. The minimum Gasteiger partial charge on any atom is -1.00 e. The van der Waals surface area contributed by atoms with Crippen molar-refractivity contribution in [3.8, 4) is 5.75 Å². The van der Waals surface area contributed by atoms with Crippen molar-refractivity contribution < 1.29 is 50.4 Å². The van der Waals surface area contributed by atoms with Gasteiger partial charge >= 0.3 is 11.9 Å². The standard InChI is InChI=1S/C30H36NO6S2.BrH/c1-3-35-28(32)9-12-36-26-6-4-5-21(15-26)18-31(2)24-7-8-25(31)17-27(16-24)37-29(33)30(34,22-10-13-38-19-22)23-11-14-39-20-23;/h4-6,10-11,13-15,19-20,24-25,27,34H,3,7-9,12,16-18H2,1-2H3;1H/q+1;/p-1/t24-,25+,27?,31?;. The van der Waals surface area contributed by atoms with E-state index in [1.807, 2.05) is 33.7 Å². The molecule has 0 radical (unpaired) electrons. The predicted molar refractivity (Wildman–Crippen MR) is 151 cm³/mol. The summed E-state index contributed by atoms with van der Waals surface area (Å²) in [5, 5.41) is 19.0. The van der Waals surface area contributed by atoms with E-state index in [-0.39, 0.29) is 42.1 Å². The van der Waals surface area contributed by atoms with Crippen LogP contribution in [-0.2, 0) is 31.2 Å². The molecule has 2 aliphatic rings. The normalized spacial score (nSPS) is 23.7. The van der Waals surface area contributed by atoms with E-state index < -0.39 is 11.6 Å². The first kappa shape index (κ1) is 30.7. The van der Waals surface area contributed by atoms with Gasteiger partial charge < -0.3 is 40.8 Å². The molecule has 1 N–H and O–H groups in total. The van der Waals surface area contributed by atoms with Gasteiger partial charge in [-0.05, 0) is 52.7 Å². The van der Waals surface area contributed by atoms with Gasteiger partial charge in [0, 0.05) is 42.4 Å². The summed E-state index contributed by atoms with van der Waals surface area (Å²) < 4.78 is 17.8. The summed E-state index contributed by atoms with van der Waals surface area (Å²) in [6, 6.07) is 12.4. The van der Waals surface area contributed by atoms with Crippen molar-refractivity contribution in [2.24, 2.45) is 0 Å². The van der Waals surface area contributed by atoms with E-state index >= 15 is 0 Å². The van der Waals surface area contributed by atoms with E-state index in [2.05, 4.69) is 19.2 Å². The van der Waals surface area contributed by atoms with Crippen molar-refractivity contribution in [3.63, 3.8) is 0 Å². The third-order valence-electron chi connectivity index (χ3n) is 8.32. The molecule has 4 heterocycles. The highest BCUT2D eigenvalue weighted by atomic mass is 79.9. The number of nitrogens with zero attached hydrogens (tertiary/aromatic N) is 1. The molecule has 0 amide bonds. The molecule has 2 aromatic heterocycles. The van der Waals surface area contributed by atoms with Crippen molar-refractivity contribution >= 4 is 34.6 Å². The molecule has 7 nitrogen and oxygen atoms in total. The molecule has 5 rings (SSSR count). The lowest BCUT2D eigenvalue weighted by Gasteiger charge is -2.47. The zero-order valence-electron chi connectivity index (χ0n) is 22.8. The Kier molecular flexibility index (Phi) is 10.1. The smallest absolute Gasteiger partial charge is 0.348 e. The molecule has 2 bridgehead atoms. The Morgan fingerprint density at radius 2 is 1.70 bits per heavy atom. The van der Waals surface area contributed by atoms with Gasteiger partial charge in [0.05, 0.1) is 38.8 Å². The molecule has 2 aliphatic heterocycles. The zero-order chi connectivity index (χ0) is 27.5. The van der Waals surface area contributed by atoms with Crippen LogP contribution >= 0.6 is 22.7 Å². The highest BCUT2D eigenvalue weighted by Crippen LogP contribution is 2.44. The first-order valence-electron chi connectivity index (χ1n) is 13.5. The zero-order valence-corrected chi connectivity index (χ0v) is 26.0. The average molecular weight is 651 g/mol. The Morgan fingerprint density at radius 1 is 1.05 bits per heavy atom. The fourth-order valence-corrected chi connectivity index (χ4v) is 7.64. The molecule has 1 aromatic carbocycles. The van der Waals surface area contributed by atoms with Gasteiger partial charge in [-0.2, -0.15) is 22.7 Å². The molecule has 40 heavy (non-hydrogen) atoms. The number of hydrogen-bond donors (Lipinski definition) is 1. The Morgan fingerprint density at radius 3 is 2.27 bits per heavy atom. The number of carbonyl (C=O) groups is 2. The van der Waals surface area contributed by atoms with Crippen molar-refractivity contribution in [1.29, 1.82) is 0 Å². The lowest BCUT2D eigenvalue weighted by Crippen LogP contribution is -3.00. The molecule has 3 aromatic rings. The SMILES string of the molecule is CCOC(=O)CCOc1cccc(C[N+]2(C)[C@@H]3CC[C@H]2CC(OC(=O)C(O)(c2ccsc2)c2ccsc2)C3)c1.[Br-]. The largest absolute Gasteiger partial charge is 1.00 e. The summed E-state index contributed by atoms with van der Waals surface area (Å²) >= 11 is 2.90. The second-order valence-corrected chi connectivity index (χ2v) is 12.2. The summed E-state index contributed by atoms with van der Waals surface area (Å²) in [7, 11) is 2.31. The fourth-order valence-electron chi connectivity index (χ4n) is 6.24. The summed E-state index contributed by atoms with van der Waals surface area (Å²) in [4.78, 5) is 25.1. The number of benzene rings is 1. The van der Waals surface area contributed by atoms with Crippen LogP contribution in [-0.4, -0.2) is 60.0 Å². The maximum atomic E-state index is 13.5. The number of thiophene rings is 2. The third kappa shape index (κ3) is 6.31. The topological polar surface area (TPSA) is 82.1 Å². The quantitative estimate of drug-likeness (QED) is 0.254. The van der Waals surface area contributed by atoms with Crippen LogP contribution in [0.4, 0.5) is 0 Å². The maximum absolute atomic E-state index is 13.5. The molecule has 0 aliphatic carbocycles. The van der Waals surface area contributed by atoms with Gasteiger partial charge in [-0.1, -0.05) is 12.1 Å². The highest BCUT2D eigenvalue weighted by Gasteiger charge is 2.53. The first-order chi connectivity index (χ1) is 18.8. The summed E-state index contributed by atoms with van der Waals surface area (Å²) in [5.41, 5.74) is 0.504. The van der Waals surface area contributed by atoms with Crippen molar-refractivity contribution in [2.45, 2.75) is 69.4 Å². The van der Waals surface area contributed by atoms with Crippen LogP contribution < -0.4 is 21.7 Å². The summed E-state index contributed by atoms with van der Waals surface area (Å²) in [6.45, 7) is 3.31. The molecule has 0 saturated carbocycles. The van der Waals surface area contributed by atoms with Gasteiger partial charge in [0.15, 0.2) is 0 Å². The maximum Gasteiger partial charge on any atom is 0.348 e. The second kappa shape index (κ2) is 13.2. The van der Waals surface area contributed by atoms with Gasteiger partial charge in [0.2, 0.25) is 5.60 Å². The number of carbonyl (C=O) groups excluding carboxylic acids is 2. The number of esters is 2. The van der Waals surface area contributed by atoms with Gasteiger partial charge in [-0.3, -0.25) is 4.79 Å². The van der Waals surface area contributed by atoms with Crippen LogP contribution in [0.25, 0.3) is 0 Å². The molecule has 216 valence electrons. The third-order valence-corrected chi connectivity index (χ3v) is 9.69. The number of quaternary nitrogens is 1. The molecule has 2 unspecified atom stereocenters. The molecule has 2 saturated heterocycles. The van der Waals surface area contributed by atoms with E-state index in [1.165, 1.54) is 28.2 Å². The number of rotatable bonds is 11. The van der Waals surface area contributed by atoms with E-state index in [4.69, 9.17) is 14.2 Å². The van der Waals surface area contributed by atoms with Crippen molar-refractivity contribution in [2.75, 3.05) is 20.3 Å². The van der Waals surface area contributed by atoms with E-state index in [0.29, 0.717) is 29.8 Å². The van der Waals surface area contributed by atoms with Crippen LogP contribution in [0.5, 0.6) is 5.75 Å². The minimum absolute atomic E-state index is 0. The average Bonchev–Trinajstić information content (AvgIpc) is 3.66.